The van der Waals surface area contributed by atoms with Gasteiger partial charge in [0.1, 0.15) is 5.82 Å². The van der Waals surface area contributed by atoms with Gasteiger partial charge < -0.3 is 25.7 Å². The Labute approximate surface area is 122 Å². The van der Waals surface area contributed by atoms with Crippen molar-refractivity contribution in [1.82, 2.24) is 9.97 Å². The predicted molar refractivity (Wildman–Crippen MR) is 79.8 cm³/mol. The lowest BCUT2D eigenvalue weighted by molar-refractivity contribution is 0.324. The van der Waals surface area contributed by atoms with E-state index in [1.165, 1.54) is 0 Å². The molecule has 0 spiro atoms. The zero-order chi connectivity index (χ0) is 15.4. The molecule has 0 radical (unpaired) electrons. The van der Waals surface area contributed by atoms with Crippen LogP contribution in [-0.4, -0.2) is 31.3 Å². The molecule has 1 aromatic carbocycles. The minimum absolute atomic E-state index is 0.150. The summed E-state index contributed by atoms with van der Waals surface area (Å²) < 4.78 is 15.9. The summed E-state index contributed by atoms with van der Waals surface area (Å²) in [5.41, 5.74) is 12.9. The van der Waals surface area contributed by atoms with E-state index in [1.54, 1.807) is 27.4 Å². The molecule has 4 N–H and O–H groups in total. The van der Waals surface area contributed by atoms with Crippen LogP contribution in [0.15, 0.2) is 18.2 Å². The van der Waals surface area contributed by atoms with Gasteiger partial charge in [0.15, 0.2) is 11.5 Å². The van der Waals surface area contributed by atoms with Gasteiger partial charge in [0.25, 0.3) is 0 Å². The molecule has 1 aromatic heterocycles. The van der Waals surface area contributed by atoms with Crippen molar-refractivity contribution >= 4 is 11.8 Å². The fourth-order valence-corrected chi connectivity index (χ4v) is 2.08. The molecular weight excluding hydrogens is 272 g/mol. The van der Waals surface area contributed by atoms with Crippen LogP contribution in [0.1, 0.15) is 11.3 Å². The first-order valence-corrected chi connectivity index (χ1v) is 6.25. The van der Waals surface area contributed by atoms with Crippen molar-refractivity contribution in [2.24, 2.45) is 0 Å². The maximum absolute atomic E-state index is 5.67. The average molecular weight is 290 g/mol. The number of hydrogen-bond acceptors (Lipinski definition) is 7. The number of anilines is 2. The lowest BCUT2D eigenvalue weighted by Gasteiger charge is -2.14. The summed E-state index contributed by atoms with van der Waals surface area (Å²) in [6, 6.07) is 5.39. The molecule has 1 heterocycles. The lowest BCUT2D eigenvalue weighted by atomic mass is 10.1. The van der Waals surface area contributed by atoms with Crippen LogP contribution in [0.2, 0.25) is 0 Å². The number of rotatable bonds is 5. The summed E-state index contributed by atoms with van der Waals surface area (Å²) in [6.45, 7) is 0. The topological polar surface area (TPSA) is 106 Å². The van der Waals surface area contributed by atoms with Crippen LogP contribution in [0.4, 0.5) is 11.8 Å². The van der Waals surface area contributed by atoms with Gasteiger partial charge in [0, 0.05) is 12.5 Å². The molecule has 0 saturated carbocycles. The number of aromatic nitrogens is 2. The number of nitrogens with two attached hydrogens (primary N) is 2. The summed E-state index contributed by atoms with van der Waals surface area (Å²) in [6.07, 6.45) is 0.521. The monoisotopic (exact) mass is 290 g/mol. The molecule has 7 heteroatoms. The molecule has 0 atom stereocenters. The third-order valence-electron chi connectivity index (χ3n) is 2.93. The lowest BCUT2D eigenvalue weighted by Crippen LogP contribution is -2.04. The normalized spacial score (nSPS) is 10.2. The minimum atomic E-state index is 0.150. The van der Waals surface area contributed by atoms with Crippen molar-refractivity contribution in [1.29, 1.82) is 0 Å². The van der Waals surface area contributed by atoms with Crippen molar-refractivity contribution in [3.8, 4) is 17.2 Å². The maximum Gasteiger partial charge on any atom is 0.222 e. The van der Waals surface area contributed by atoms with Gasteiger partial charge in [0.05, 0.1) is 27.0 Å². The molecule has 0 unspecified atom stereocenters. The van der Waals surface area contributed by atoms with Crippen LogP contribution in [0.25, 0.3) is 0 Å². The smallest absolute Gasteiger partial charge is 0.222 e. The Bertz CT molecular complexity index is 601. The quantitative estimate of drug-likeness (QED) is 0.853. The van der Waals surface area contributed by atoms with Gasteiger partial charge in [-0.25, -0.2) is 4.98 Å². The largest absolute Gasteiger partial charge is 0.493 e. The molecule has 0 aliphatic rings. The fourth-order valence-electron chi connectivity index (χ4n) is 2.08. The van der Waals surface area contributed by atoms with Gasteiger partial charge in [-0.15, -0.1) is 0 Å². The molecular formula is C14H18N4O3. The fraction of sp³-hybridized carbons (Fsp3) is 0.286. The Morgan fingerprint density at radius 1 is 0.905 bits per heavy atom. The number of ether oxygens (including phenoxy) is 3. The van der Waals surface area contributed by atoms with Crippen LogP contribution < -0.4 is 25.7 Å². The zero-order valence-electron chi connectivity index (χ0n) is 12.2. The van der Waals surface area contributed by atoms with E-state index >= 15 is 0 Å². The van der Waals surface area contributed by atoms with Crippen molar-refractivity contribution in [2.75, 3.05) is 32.8 Å². The molecule has 0 aliphatic carbocycles. The average Bonchev–Trinajstić information content (AvgIpc) is 2.45. The van der Waals surface area contributed by atoms with E-state index in [1.807, 2.05) is 12.1 Å². The first kappa shape index (κ1) is 14.7. The highest BCUT2D eigenvalue weighted by Gasteiger charge is 2.14. The molecule has 21 heavy (non-hydrogen) atoms. The Morgan fingerprint density at radius 2 is 1.52 bits per heavy atom. The Balaban J connectivity index is 2.40. The van der Waals surface area contributed by atoms with Crippen LogP contribution in [-0.2, 0) is 6.42 Å². The SMILES string of the molecule is COc1cc(Cc2cc(N)nc(N)n2)cc(OC)c1OC. The number of methoxy groups -OCH3 is 3. The standard InChI is InChI=1S/C14H18N4O3/c1-19-10-5-8(6-11(20-2)13(10)21-3)4-9-7-12(15)18-14(16)17-9/h5-7H,4H2,1-3H3,(H4,15,16,17,18). The highest BCUT2D eigenvalue weighted by molar-refractivity contribution is 5.54. The number of benzene rings is 1. The first-order valence-electron chi connectivity index (χ1n) is 6.25. The zero-order valence-corrected chi connectivity index (χ0v) is 12.2. The Morgan fingerprint density at radius 3 is 2.00 bits per heavy atom. The molecule has 112 valence electrons. The molecule has 0 bridgehead atoms. The molecule has 0 amide bonds. The summed E-state index contributed by atoms with van der Waals surface area (Å²) in [5.74, 6) is 2.21. The van der Waals surface area contributed by atoms with E-state index in [0.717, 1.165) is 5.56 Å². The summed E-state index contributed by atoms with van der Waals surface area (Å²) in [4.78, 5) is 8.00. The molecule has 7 nitrogen and oxygen atoms in total. The van der Waals surface area contributed by atoms with Gasteiger partial charge in [-0.05, 0) is 17.7 Å². The molecule has 0 saturated heterocycles. The van der Waals surface area contributed by atoms with Crippen LogP contribution in [0.3, 0.4) is 0 Å². The number of hydrogen-bond donors (Lipinski definition) is 2. The van der Waals surface area contributed by atoms with Gasteiger partial charge in [-0.3, -0.25) is 0 Å². The third-order valence-corrected chi connectivity index (χ3v) is 2.93. The van der Waals surface area contributed by atoms with Crippen molar-refractivity contribution in [3.63, 3.8) is 0 Å². The summed E-state index contributed by atoms with van der Waals surface area (Å²) in [7, 11) is 4.70. The van der Waals surface area contributed by atoms with E-state index < -0.39 is 0 Å². The third kappa shape index (κ3) is 3.25. The van der Waals surface area contributed by atoms with E-state index in [0.29, 0.717) is 35.2 Å². The van der Waals surface area contributed by atoms with Crippen molar-refractivity contribution < 1.29 is 14.2 Å². The number of nitrogens with zero attached hydrogens (tertiary/aromatic N) is 2. The summed E-state index contributed by atoms with van der Waals surface area (Å²) in [5, 5.41) is 0. The Hall–Kier alpha value is -2.70. The van der Waals surface area contributed by atoms with Crippen LogP contribution in [0.5, 0.6) is 17.2 Å². The Kier molecular flexibility index (Phi) is 4.32. The van der Waals surface area contributed by atoms with E-state index in [2.05, 4.69) is 9.97 Å². The first-order chi connectivity index (χ1) is 10.1. The molecule has 0 fully saturated rings. The van der Waals surface area contributed by atoms with E-state index in [-0.39, 0.29) is 5.95 Å². The second-order valence-corrected chi connectivity index (χ2v) is 4.35. The summed E-state index contributed by atoms with van der Waals surface area (Å²) >= 11 is 0. The second-order valence-electron chi connectivity index (χ2n) is 4.35. The second kappa shape index (κ2) is 6.17. The predicted octanol–water partition coefficient (Wildman–Crippen LogP) is 1.26. The maximum atomic E-state index is 5.67. The molecule has 2 aromatic rings. The van der Waals surface area contributed by atoms with E-state index in [9.17, 15) is 0 Å². The van der Waals surface area contributed by atoms with Gasteiger partial charge in [0.2, 0.25) is 11.7 Å². The van der Waals surface area contributed by atoms with Crippen molar-refractivity contribution in [2.45, 2.75) is 6.42 Å². The van der Waals surface area contributed by atoms with E-state index in [4.69, 9.17) is 25.7 Å². The number of nitrogen functional groups attached to an aromatic ring is 2. The van der Waals surface area contributed by atoms with Crippen LogP contribution >= 0.6 is 0 Å². The van der Waals surface area contributed by atoms with Crippen LogP contribution in [0, 0.1) is 0 Å². The molecule has 0 aliphatic heterocycles. The van der Waals surface area contributed by atoms with Gasteiger partial charge in [-0.2, -0.15) is 4.98 Å². The van der Waals surface area contributed by atoms with Gasteiger partial charge >= 0.3 is 0 Å². The highest BCUT2D eigenvalue weighted by Crippen LogP contribution is 2.38. The van der Waals surface area contributed by atoms with Crippen molar-refractivity contribution in [3.05, 3.63) is 29.5 Å². The van der Waals surface area contributed by atoms with Gasteiger partial charge in [-0.1, -0.05) is 0 Å². The highest BCUT2D eigenvalue weighted by atomic mass is 16.5. The molecule has 2 rings (SSSR count). The minimum Gasteiger partial charge on any atom is -0.493 e.